The highest BCUT2D eigenvalue weighted by Gasteiger charge is 2.26. The first-order valence-electron chi connectivity index (χ1n) is 4.89. The van der Waals surface area contributed by atoms with Gasteiger partial charge in [0.25, 0.3) is 0 Å². The molecule has 5 heteroatoms. The van der Waals surface area contributed by atoms with Crippen molar-refractivity contribution >= 4 is 43.2 Å². The largest absolute Gasteiger partial charge is 0.388 e. The van der Waals surface area contributed by atoms with E-state index in [0.717, 1.165) is 32.6 Å². The lowest BCUT2D eigenvalue weighted by Crippen LogP contribution is -2.23. The number of hydrogen-bond acceptors (Lipinski definition) is 3. The zero-order chi connectivity index (χ0) is 10.8. The Morgan fingerprint density at radius 2 is 2.33 bits per heavy atom. The second-order valence-electron chi connectivity index (χ2n) is 3.70. The average molecular weight is 356 g/mol. The smallest absolute Gasteiger partial charge is 0.0859 e. The molecule has 0 saturated carbocycles. The Balaban J connectivity index is 2.12. The zero-order valence-corrected chi connectivity index (χ0v) is 12.1. The summed E-state index contributed by atoms with van der Waals surface area (Å²) in [6, 6.07) is 1.98. The van der Waals surface area contributed by atoms with Crippen LogP contribution in [0.1, 0.15) is 24.5 Å². The third-order valence-electron chi connectivity index (χ3n) is 2.64. The molecular weight excluding hydrogens is 344 g/mol. The summed E-state index contributed by atoms with van der Waals surface area (Å²) >= 11 is 8.49. The number of hydrogen-bond donors (Lipinski definition) is 1. The van der Waals surface area contributed by atoms with E-state index in [1.807, 2.05) is 6.07 Å². The number of thiophene rings is 1. The fourth-order valence-electron chi connectivity index (χ4n) is 1.82. The maximum absolute atomic E-state index is 10.2. The lowest BCUT2D eigenvalue weighted by atomic mass is 9.92. The Morgan fingerprint density at radius 1 is 1.53 bits per heavy atom. The molecule has 1 N–H and O–H groups in total. The molecule has 0 radical (unpaired) electrons. The van der Waals surface area contributed by atoms with Gasteiger partial charge in [0.1, 0.15) is 0 Å². The predicted molar refractivity (Wildman–Crippen MR) is 68.2 cm³/mol. The van der Waals surface area contributed by atoms with Crippen LogP contribution < -0.4 is 0 Å². The first kappa shape index (κ1) is 12.0. The molecule has 1 aliphatic heterocycles. The molecule has 1 fully saturated rings. The van der Waals surface area contributed by atoms with Gasteiger partial charge in [-0.25, -0.2) is 0 Å². The maximum Gasteiger partial charge on any atom is 0.0859 e. The molecule has 1 aliphatic rings. The van der Waals surface area contributed by atoms with Gasteiger partial charge in [0.2, 0.25) is 0 Å². The van der Waals surface area contributed by atoms with Crippen molar-refractivity contribution in [3.63, 3.8) is 0 Å². The van der Waals surface area contributed by atoms with Crippen molar-refractivity contribution in [1.29, 1.82) is 0 Å². The molecule has 84 valence electrons. The number of ether oxygens (including phenoxy) is 1. The van der Waals surface area contributed by atoms with E-state index in [0.29, 0.717) is 6.61 Å². The minimum atomic E-state index is -0.415. The van der Waals surface area contributed by atoms with E-state index < -0.39 is 6.10 Å². The fraction of sp³-hybridized carbons (Fsp3) is 0.600. The maximum atomic E-state index is 10.2. The van der Waals surface area contributed by atoms with Gasteiger partial charge in [-0.2, -0.15) is 0 Å². The molecule has 2 atom stereocenters. The van der Waals surface area contributed by atoms with Crippen molar-refractivity contribution in [3.05, 3.63) is 19.2 Å². The zero-order valence-electron chi connectivity index (χ0n) is 8.08. The van der Waals surface area contributed by atoms with Crippen molar-refractivity contribution in [2.75, 3.05) is 13.2 Å². The van der Waals surface area contributed by atoms with E-state index in [2.05, 4.69) is 31.9 Å². The number of rotatable bonds is 2. The summed E-state index contributed by atoms with van der Waals surface area (Å²) in [6.45, 7) is 1.50. The van der Waals surface area contributed by atoms with Crippen molar-refractivity contribution < 1.29 is 9.84 Å². The summed E-state index contributed by atoms with van der Waals surface area (Å²) in [5.74, 6) is 0.233. The molecule has 0 amide bonds. The summed E-state index contributed by atoms with van der Waals surface area (Å²) in [6.07, 6.45) is 1.67. The van der Waals surface area contributed by atoms with Crippen molar-refractivity contribution in [1.82, 2.24) is 0 Å². The minimum absolute atomic E-state index is 0.233. The molecule has 1 saturated heterocycles. The van der Waals surface area contributed by atoms with Gasteiger partial charge >= 0.3 is 0 Å². The predicted octanol–water partition coefficient (Wildman–Crippen LogP) is 3.73. The second kappa shape index (κ2) is 5.27. The molecule has 0 aliphatic carbocycles. The third kappa shape index (κ3) is 2.82. The molecule has 2 nitrogen and oxygen atoms in total. The van der Waals surface area contributed by atoms with E-state index >= 15 is 0 Å². The van der Waals surface area contributed by atoms with Gasteiger partial charge in [-0.1, -0.05) is 0 Å². The summed E-state index contributed by atoms with van der Waals surface area (Å²) in [5, 5.41) is 10.2. The fourth-order valence-corrected chi connectivity index (χ4v) is 4.73. The Hall–Kier alpha value is 0.580. The number of aliphatic hydroxyl groups excluding tert-OH is 1. The van der Waals surface area contributed by atoms with E-state index in [1.165, 1.54) is 0 Å². The van der Waals surface area contributed by atoms with E-state index in [1.54, 1.807) is 11.3 Å². The van der Waals surface area contributed by atoms with Crippen LogP contribution in [0.15, 0.2) is 13.6 Å². The van der Waals surface area contributed by atoms with Gasteiger partial charge in [-0.15, -0.1) is 11.3 Å². The van der Waals surface area contributed by atoms with Gasteiger partial charge in [-0.05, 0) is 50.8 Å². The van der Waals surface area contributed by atoms with Crippen LogP contribution in [0.4, 0.5) is 0 Å². The van der Waals surface area contributed by atoms with Crippen molar-refractivity contribution in [2.45, 2.75) is 18.9 Å². The van der Waals surface area contributed by atoms with E-state index in [-0.39, 0.29) is 5.92 Å². The monoisotopic (exact) mass is 354 g/mol. The number of aliphatic hydroxyl groups is 1. The van der Waals surface area contributed by atoms with Gasteiger partial charge in [0.15, 0.2) is 0 Å². The lowest BCUT2D eigenvalue weighted by molar-refractivity contribution is -0.0101. The molecular formula is C10H12Br2O2S. The van der Waals surface area contributed by atoms with Crippen LogP contribution in [-0.2, 0) is 4.74 Å². The van der Waals surface area contributed by atoms with Gasteiger partial charge < -0.3 is 9.84 Å². The van der Waals surface area contributed by atoms with Crippen molar-refractivity contribution in [3.8, 4) is 0 Å². The second-order valence-corrected chi connectivity index (χ2v) is 7.45. The van der Waals surface area contributed by atoms with Crippen LogP contribution in [0.5, 0.6) is 0 Å². The number of halogens is 2. The highest BCUT2D eigenvalue weighted by atomic mass is 79.9. The molecule has 0 spiro atoms. The normalized spacial score (nSPS) is 24.1. The van der Waals surface area contributed by atoms with Crippen LogP contribution in [0.2, 0.25) is 0 Å². The first-order chi connectivity index (χ1) is 7.18. The molecule has 2 rings (SSSR count). The summed E-state index contributed by atoms with van der Waals surface area (Å²) < 4.78 is 7.44. The van der Waals surface area contributed by atoms with Crippen LogP contribution >= 0.6 is 43.2 Å². The Morgan fingerprint density at radius 3 is 2.87 bits per heavy atom. The average Bonchev–Trinajstić information content (AvgIpc) is 2.58. The molecule has 2 unspecified atom stereocenters. The van der Waals surface area contributed by atoms with E-state index in [4.69, 9.17) is 4.74 Å². The standard InChI is InChI=1S/C10H12Br2O2S/c11-8-4-7(10(12)15-8)9(13)6-2-1-3-14-5-6/h4,6,9,13H,1-3,5H2. The molecule has 15 heavy (non-hydrogen) atoms. The minimum Gasteiger partial charge on any atom is -0.388 e. The van der Waals surface area contributed by atoms with Gasteiger partial charge in [-0.3, -0.25) is 0 Å². The van der Waals surface area contributed by atoms with Crippen LogP contribution in [-0.4, -0.2) is 18.3 Å². The van der Waals surface area contributed by atoms with Crippen LogP contribution in [0.3, 0.4) is 0 Å². The summed E-state index contributed by atoms with van der Waals surface area (Å²) in [7, 11) is 0. The first-order valence-corrected chi connectivity index (χ1v) is 7.29. The Bertz CT molecular complexity index is 334. The van der Waals surface area contributed by atoms with Crippen molar-refractivity contribution in [2.24, 2.45) is 5.92 Å². The Kier molecular flexibility index (Phi) is 4.24. The molecule has 0 bridgehead atoms. The molecule has 2 heterocycles. The summed E-state index contributed by atoms with van der Waals surface area (Å²) in [5.41, 5.74) is 0.974. The highest BCUT2D eigenvalue weighted by molar-refractivity contribution is 9.12. The highest BCUT2D eigenvalue weighted by Crippen LogP contribution is 2.39. The van der Waals surface area contributed by atoms with E-state index in [9.17, 15) is 5.11 Å². The molecule has 1 aromatic rings. The molecule has 0 aromatic carbocycles. The SMILES string of the molecule is OC(c1cc(Br)sc1Br)C1CCCOC1. The van der Waals surface area contributed by atoms with Crippen LogP contribution in [0, 0.1) is 5.92 Å². The van der Waals surface area contributed by atoms with Crippen LogP contribution in [0.25, 0.3) is 0 Å². The Labute approximate surface area is 110 Å². The van der Waals surface area contributed by atoms with Gasteiger partial charge in [0, 0.05) is 18.1 Å². The topological polar surface area (TPSA) is 29.5 Å². The van der Waals surface area contributed by atoms with Gasteiger partial charge in [0.05, 0.1) is 20.3 Å². The molecule has 1 aromatic heterocycles. The third-order valence-corrected chi connectivity index (χ3v) is 5.03. The lowest BCUT2D eigenvalue weighted by Gasteiger charge is -2.26. The summed E-state index contributed by atoms with van der Waals surface area (Å²) in [4.78, 5) is 0. The quantitative estimate of drug-likeness (QED) is 0.875.